The topological polar surface area (TPSA) is 104 Å². The van der Waals surface area contributed by atoms with E-state index in [1.165, 1.54) is 89.9 Å². The number of rotatable bonds is 23. The number of ether oxygens (including phenoxy) is 1. The molecule has 6 nitrogen and oxygen atoms in total. The van der Waals surface area contributed by atoms with Gasteiger partial charge in [-0.3, -0.25) is 9.59 Å². The summed E-state index contributed by atoms with van der Waals surface area (Å²) in [5, 5.41) is 29.6. The predicted molar refractivity (Wildman–Crippen MR) is 232 cm³/mol. The van der Waals surface area contributed by atoms with Crippen LogP contribution in [0, 0.1) is 6.92 Å². The molecule has 0 spiro atoms. The Kier molecular flexibility index (Phi) is 23.0. The lowest BCUT2D eigenvalue weighted by Gasteiger charge is -2.28. The van der Waals surface area contributed by atoms with Gasteiger partial charge in [0.2, 0.25) is 0 Å². The first-order chi connectivity index (χ1) is 25.7. The number of phenolic OH excluding ortho intramolecular Hbond substituents is 2. The van der Waals surface area contributed by atoms with Crippen LogP contribution in [0.4, 0.5) is 0 Å². The maximum absolute atomic E-state index is 12.3. The summed E-state index contributed by atoms with van der Waals surface area (Å²) in [5.74, 6) is -0.210. The zero-order chi connectivity index (χ0) is 41.7. The lowest BCUT2D eigenvalue weighted by molar-refractivity contribution is -0.143. The number of aromatic hydroxyl groups is 2. The van der Waals surface area contributed by atoms with Crippen LogP contribution in [-0.2, 0) is 43.4 Å². The Bertz CT molecular complexity index is 1370. The van der Waals surface area contributed by atoms with Crippen molar-refractivity contribution >= 4 is 11.9 Å². The maximum Gasteiger partial charge on any atom is 0.306 e. The molecule has 0 heterocycles. The molecule has 0 unspecified atom stereocenters. The molecule has 314 valence electrons. The van der Waals surface area contributed by atoms with Crippen LogP contribution >= 0.6 is 0 Å². The van der Waals surface area contributed by atoms with Gasteiger partial charge in [0.25, 0.3) is 0 Å². The van der Waals surface area contributed by atoms with Crippen LogP contribution in [0.15, 0.2) is 24.3 Å². The Morgan fingerprint density at radius 3 is 1.25 bits per heavy atom. The second kappa shape index (κ2) is 25.3. The van der Waals surface area contributed by atoms with Crippen molar-refractivity contribution in [3.63, 3.8) is 0 Å². The molecule has 0 atom stereocenters. The van der Waals surface area contributed by atoms with Gasteiger partial charge < -0.3 is 20.1 Å². The van der Waals surface area contributed by atoms with Crippen LogP contribution in [0.1, 0.15) is 218 Å². The number of carbonyl (C=O) groups excluding carboxylic acids is 1. The third kappa shape index (κ3) is 21.2. The first-order valence-corrected chi connectivity index (χ1v) is 21.8. The summed E-state index contributed by atoms with van der Waals surface area (Å²) in [5.41, 5.74) is 5.17. The average molecular weight is 767 g/mol. The molecule has 2 aromatic carbocycles. The summed E-state index contributed by atoms with van der Waals surface area (Å²) in [6, 6.07) is 7.89. The van der Waals surface area contributed by atoms with Crippen molar-refractivity contribution in [2.24, 2.45) is 0 Å². The van der Waals surface area contributed by atoms with Crippen LogP contribution in [0.2, 0.25) is 0 Å². The summed E-state index contributed by atoms with van der Waals surface area (Å²) in [6.45, 7) is 23.4. The Labute approximate surface area is 337 Å². The van der Waals surface area contributed by atoms with Crippen LogP contribution < -0.4 is 0 Å². The second-order valence-electron chi connectivity index (χ2n) is 19.0. The van der Waals surface area contributed by atoms with E-state index in [0.717, 1.165) is 46.2 Å². The molecule has 6 heteroatoms. The van der Waals surface area contributed by atoms with Crippen molar-refractivity contribution < 1.29 is 29.6 Å². The summed E-state index contributed by atoms with van der Waals surface area (Å²) in [6.07, 6.45) is 23.1. The van der Waals surface area contributed by atoms with Gasteiger partial charge in [0.05, 0.1) is 6.61 Å². The molecule has 2 rings (SSSR count). The summed E-state index contributed by atoms with van der Waals surface area (Å²) >= 11 is 0. The first-order valence-electron chi connectivity index (χ1n) is 21.8. The van der Waals surface area contributed by atoms with E-state index in [-0.39, 0.29) is 28.6 Å². The van der Waals surface area contributed by atoms with Crippen LogP contribution in [0.25, 0.3) is 0 Å². The molecule has 0 fully saturated rings. The number of esters is 1. The van der Waals surface area contributed by atoms with E-state index in [1.54, 1.807) is 0 Å². The fraction of sp³-hybridized carbons (Fsp3) is 0.714. The number of carbonyl (C=O) groups is 2. The minimum atomic E-state index is -0.798. The lowest BCUT2D eigenvalue weighted by atomic mass is 9.78. The second-order valence-corrected chi connectivity index (χ2v) is 19.0. The van der Waals surface area contributed by atoms with Crippen molar-refractivity contribution in [1.29, 1.82) is 0 Å². The first kappa shape index (κ1) is 50.0. The average Bonchev–Trinajstić information content (AvgIpc) is 3.08. The quantitative estimate of drug-likeness (QED) is 0.0768. The molecule has 0 aromatic heterocycles. The number of benzene rings is 2. The van der Waals surface area contributed by atoms with Gasteiger partial charge in [0.1, 0.15) is 11.5 Å². The lowest BCUT2D eigenvalue weighted by Crippen LogP contribution is -2.18. The Morgan fingerprint density at radius 1 is 0.527 bits per heavy atom. The molecule has 55 heavy (non-hydrogen) atoms. The SMILES string of the molecule is CCCCCCCCCCCCCCCCCCOC(=O)CCc1cc(C(C)(C)C)c(O)c(C(C)(C)C)c1.Cc1cc(CCC(=O)O)cc(C(C)(C)C)c1O. The summed E-state index contributed by atoms with van der Waals surface area (Å²) < 4.78 is 5.51. The van der Waals surface area contributed by atoms with Gasteiger partial charge in [0, 0.05) is 12.8 Å². The van der Waals surface area contributed by atoms with E-state index in [2.05, 4.69) is 60.6 Å². The van der Waals surface area contributed by atoms with E-state index in [0.29, 0.717) is 37.4 Å². The molecule has 0 bridgehead atoms. The van der Waals surface area contributed by atoms with E-state index < -0.39 is 5.97 Å². The van der Waals surface area contributed by atoms with Crippen molar-refractivity contribution in [2.75, 3.05) is 6.61 Å². The van der Waals surface area contributed by atoms with E-state index in [9.17, 15) is 19.8 Å². The number of phenols is 2. The van der Waals surface area contributed by atoms with Gasteiger partial charge >= 0.3 is 11.9 Å². The monoisotopic (exact) mass is 767 g/mol. The number of carboxylic acid groups (broad SMARTS) is 1. The van der Waals surface area contributed by atoms with Gasteiger partial charge in [-0.15, -0.1) is 0 Å². The van der Waals surface area contributed by atoms with Gasteiger partial charge in [0.15, 0.2) is 0 Å². The van der Waals surface area contributed by atoms with Crippen molar-refractivity contribution in [3.8, 4) is 11.5 Å². The number of aryl methyl sites for hydroxylation is 3. The number of aliphatic carboxylic acids is 1. The molecule has 0 saturated carbocycles. The zero-order valence-corrected chi connectivity index (χ0v) is 37.2. The largest absolute Gasteiger partial charge is 0.507 e. The highest BCUT2D eigenvalue weighted by Gasteiger charge is 2.26. The molecule has 0 aliphatic carbocycles. The van der Waals surface area contributed by atoms with Crippen molar-refractivity contribution in [1.82, 2.24) is 0 Å². The van der Waals surface area contributed by atoms with Crippen LogP contribution in [-0.4, -0.2) is 33.9 Å². The van der Waals surface area contributed by atoms with Crippen LogP contribution in [0.5, 0.6) is 11.5 Å². The third-order valence-corrected chi connectivity index (χ3v) is 10.5. The van der Waals surface area contributed by atoms with Crippen LogP contribution in [0.3, 0.4) is 0 Å². The Morgan fingerprint density at radius 2 is 0.873 bits per heavy atom. The van der Waals surface area contributed by atoms with Gasteiger partial charge in [-0.1, -0.05) is 190 Å². The van der Waals surface area contributed by atoms with Gasteiger partial charge in [-0.2, -0.15) is 0 Å². The minimum absolute atomic E-state index is 0.117. The smallest absolute Gasteiger partial charge is 0.306 e. The Hall–Kier alpha value is -3.02. The normalized spacial score (nSPS) is 12.0. The number of hydrogen-bond donors (Lipinski definition) is 3. The molecule has 0 aliphatic rings. The summed E-state index contributed by atoms with van der Waals surface area (Å²) in [4.78, 5) is 22.9. The van der Waals surface area contributed by atoms with Gasteiger partial charge in [-0.05, 0) is 75.8 Å². The molecule has 0 saturated heterocycles. The fourth-order valence-corrected chi connectivity index (χ4v) is 6.96. The number of carboxylic acids is 1. The highest BCUT2D eigenvalue weighted by atomic mass is 16.5. The molecule has 0 amide bonds. The fourth-order valence-electron chi connectivity index (χ4n) is 6.96. The van der Waals surface area contributed by atoms with E-state index in [1.807, 2.05) is 39.8 Å². The van der Waals surface area contributed by atoms with Gasteiger partial charge in [-0.25, -0.2) is 0 Å². The minimum Gasteiger partial charge on any atom is -0.507 e. The molecular weight excluding hydrogens is 685 g/mol. The van der Waals surface area contributed by atoms with Crippen molar-refractivity contribution in [3.05, 3.63) is 57.6 Å². The number of hydrogen-bond acceptors (Lipinski definition) is 5. The molecule has 2 aromatic rings. The summed E-state index contributed by atoms with van der Waals surface area (Å²) in [7, 11) is 0. The standard InChI is InChI=1S/C35H62O3.C14H20O3/c1-8-9-10-11-12-13-14-15-16-17-18-19-20-21-22-23-26-38-32(36)25-24-29-27-30(34(2,3)4)33(37)31(28-29)35(5,6)7;1-9-7-10(5-6-12(15)16)8-11(13(9)17)14(2,3)4/h27-28,37H,8-26H2,1-7H3;7-8,17H,5-6H2,1-4H3,(H,15,16). The highest BCUT2D eigenvalue weighted by molar-refractivity contribution is 5.70. The van der Waals surface area contributed by atoms with Crippen molar-refractivity contribution in [2.45, 2.75) is 221 Å². The van der Waals surface area contributed by atoms with E-state index >= 15 is 0 Å². The zero-order valence-electron chi connectivity index (χ0n) is 37.2. The third-order valence-electron chi connectivity index (χ3n) is 10.5. The Balaban J connectivity index is 0.000000738. The molecule has 0 radical (unpaired) electrons. The van der Waals surface area contributed by atoms with E-state index in [4.69, 9.17) is 9.84 Å². The molecule has 3 N–H and O–H groups in total. The predicted octanol–water partition coefficient (Wildman–Crippen LogP) is 13.7. The number of unbranched alkanes of at least 4 members (excludes halogenated alkanes) is 15. The highest BCUT2D eigenvalue weighted by Crippen LogP contribution is 2.40. The molecule has 0 aliphatic heterocycles. The maximum atomic E-state index is 12.3. The molecular formula is C49H82O6.